The predicted molar refractivity (Wildman–Crippen MR) is 64.3 cm³/mol. The van der Waals surface area contributed by atoms with E-state index in [4.69, 9.17) is 4.74 Å². The van der Waals surface area contributed by atoms with Crippen molar-refractivity contribution in [1.29, 1.82) is 0 Å². The Hall–Kier alpha value is 0.270. The molecule has 2 fully saturated rings. The van der Waals surface area contributed by atoms with Crippen molar-refractivity contribution in [2.45, 2.75) is 61.5 Å². The number of thioether (sulfide) groups is 1. The van der Waals surface area contributed by atoms with Crippen LogP contribution in [-0.2, 0) is 4.74 Å². The van der Waals surface area contributed by atoms with E-state index >= 15 is 0 Å². The first kappa shape index (κ1) is 11.7. The minimum absolute atomic E-state index is 0.420. The third kappa shape index (κ3) is 3.11. The first-order chi connectivity index (χ1) is 7.22. The quantitative estimate of drug-likeness (QED) is 0.753. The molecule has 15 heavy (non-hydrogen) atoms. The molecular weight excluding hydrogens is 208 g/mol. The number of hydrogen-bond acceptors (Lipinski definition) is 3. The van der Waals surface area contributed by atoms with Crippen LogP contribution >= 0.6 is 11.8 Å². The molecule has 2 saturated heterocycles. The summed E-state index contributed by atoms with van der Waals surface area (Å²) in [5, 5.41) is 11.9. The van der Waals surface area contributed by atoms with Gasteiger partial charge in [-0.05, 0) is 39.0 Å². The van der Waals surface area contributed by atoms with Crippen molar-refractivity contribution in [3.05, 3.63) is 0 Å². The van der Waals surface area contributed by atoms with Gasteiger partial charge in [-0.1, -0.05) is 6.42 Å². The van der Waals surface area contributed by atoms with Crippen LogP contribution in [0.2, 0.25) is 0 Å². The maximum Gasteiger partial charge on any atom is 0.0690 e. The van der Waals surface area contributed by atoms with Crippen LogP contribution in [0.1, 0.15) is 45.4 Å². The zero-order valence-electron chi connectivity index (χ0n) is 9.58. The molecule has 88 valence electrons. The summed E-state index contributed by atoms with van der Waals surface area (Å²) in [6.07, 6.45) is 6.77. The summed E-state index contributed by atoms with van der Waals surface area (Å²) >= 11 is 2.11. The van der Waals surface area contributed by atoms with Crippen molar-refractivity contribution in [3.8, 4) is 0 Å². The van der Waals surface area contributed by atoms with E-state index in [-0.39, 0.29) is 0 Å². The fraction of sp³-hybridized carbons (Fsp3) is 1.00. The molecule has 0 aromatic heterocycles. The Morgan fingerprint density at radius 2 is 2.00 bits per heavy atom. The van der Waals surface area contributed by atoms with Crippen molar-refractivity contribution in [2.75, 3.05) is 13.2 Å². The van der Waals surface area contributed by atoms with Crippen LogP contribution in [0.5, 0.6) is 0 Å². The molecule has 2 heterocycles. The molecule has 0 radical (unpaired) electrons. The van der Waals surface area contributed by atoms with E-state index < -0.39 is 5.60 Å². The van der Waals surface area contributed by atoms with Crippen LogP contribution in [0.25, 0.3) is 0 Å². The van der Waals surface area contributed by atoms with Gasteiger partial charge >= 0.3 is 0 Å². The van der Waals surface area contributed by atoms with Gasteiger partial charge in [-0.3, -0.25) is 0 Å². The standard InChI is InChI=1S/C12H22O2S/c1-2-14-7-6-12(13)8-10-4-3-5-11(9-12)15-10/h10-11,13H,2-9H2,1H3. The van der Waals surface area contributed by atoms with E-state index in [9.17, 15) is 5.11 Å². The third-order valence-electron chi connectivity index (χ3n) is 3.57. The van der Waals surface area contributed by atoms with Crippen molar-refractivity contribution in [2.24, 2.45) is 0 Å². The average molecular weight is 230 g/mol. The molecule has 2 unspecified atom stereocenters. The Morgan fingerprint density at radius 3 is 2.60 bits per heavy atom. The van der Waals surface area contributed by atoms with Crippen LogP contribution in [0.4, 0.5) is 0 Å². The maximum atomic E-state index is 10.5. The van der Waals surface area contributed by atoms with E-state index in [0.29, 0.717) is 10.5 Å². The number of ether oxygens (including phenoxy) is 1. The van der Waals surface area contributed by atoms with Gasteiger partial charge in [0.05, 0.1) is 5.60 Å². The highest BCUT2D eigenvalue weighted by atomic mass is 32.2. The van der Waals surface area contributed by atoms with Crippen molar-refractivity contribution in [3.63, 3.8) is 0 Å². The van der Waals surface area contributed by atoms with Gasteiger partial charge in [0.25, 0.3) is 0 Å². The molecule has 2 aliphatic rings. The molecule has 0 aliphatic carbocycles. The Balaban J connectivity index is 1.85. The van der Waals surface area contributed by atoms with Gasteiger partial charge in [-0.25, -0.2) is 0 Å². The fourth-order valence-electron chi connectivity index (χ4n) is 2.82. The first-order valence-corrected chi connectivity index (χ1v) is 7.12. The van der Waals surface area contributed by atoms with Gasteiger partial charge in [-0.2, -0.15) is 11.8 Å². The molecule has 1 N–H and O–H groups in total. The third-order valence-corrected chi connectivity index (χ3v) is 5.14. The van der Waals surface area contributed by atoms with Crippen molar-refractivity contribution >= 4 is 11.8 Å². The Labute approximate surface area is 96.8 Å². The van der Waals surface area contributed by atoms with Gasteiger partial charge < -0.3 is 9.84 Å². The molecular formula is C12H22O2S. The van der Waals surface area contributed by atoms with Gasteiger partial charge in [0, 0.05) is 23.7 Å². The van der Waals surface area contributed by atoms with Crippen molar-refractivity contribution in [1.82, 2.24) is 0 Å². The molecule has 0 saturated carbocycles. The molecule has 2 bridgehead atoms. The minimum atomic E-state index is -0.420. The summed E-state index contributed by atoms with van der Waals surface area (Å²) < 4.78 is 5.36. The van der Waals surface area contributed by atoms with E-state index in [0.717, 1.165) is 32.5 Å². The van der Waals surface area contributed by atoms with Gasteiger partial charge in [0.15, 0.2) is 0 Å². The lowest BCUT2D eigenvalue weighted by molar-refractivity contribution is -0.0191. The molecule has 0 aromatic carbocycles. The Morgan fingerprint density at radius 1 is 1.33 bits per heavy atom. The first-order valence-electron chi connectivity index (χ1n) is 6.17. The molecule has 2 nitrogen and oxygen atoms in total. The Bertz CT molecular complexity index is 196. The topological polar surface area (TPSA) is 29.5 Å². The summed E-state index contributed by atoms with van der Waals surface area (Å²) in [7, 11) is 0. The molecule has 0 aromatic rings. The highest BCUT2D eigenvalue weighted by molar-refractivity contribution is 8.00. The lowest BCUT2D eigenvalue weighted by atomic mass is 9.83. The van der Waals surface area contributed by atoms with E-state index in [1.807, 2.05) is 6.92 Å². The number of aliphatic hydroxyl groups is 1. The average Bonchev–Trinajstić information content (AvgIpc) is 2.17. The zero-order chi connectivity index (χ0) is 10.7. The second-order valence-corrected chi connectivity index (χ2v) is 6.50. The summed E-state index contributed by atoms with van der Waals surface area (Å²) in [6.45, 7) is 3.49. The second kappa shape index (κ2) is 5.07. The lowest BCUT2D eigenvalue weighted by Gasteiger charge is -2.43. The van der Waals surface area contributed by atoms with E-state index in [1.165, 1.54) is 19.3 Å². The second-order valence-electron chi connectivity index (χ2n) is 4.89. The maximum absolute atomic E-state index is 10.5. The molecule has 2 aliphatic heterocycles. The Kier molecular flexibility index (Phi) is 3.97. The number of fused-ring (bicyclic) bond motifs is 2. The summed E-state index contributed by atoms with van der Waals surface area (Å²) in [5.74, 6) is 0. The molecule has 0 amide bonds. The smallest absolute Gasteiger partial charge is 0.0690 e. The highest BCUT2D eigenvalue weighted by Crippen LogP contribution is 2.46. The van der Waals surface area contributed by atoms with Crippen molar-refractivity contribution < 1.29 is 9.84 Å². The summed E-state index contributed by atoms with van der Waals surface area (Å²) in [4.78, 5) is 0. The number of rotatable bonds is 4. The van der Waals surface area contributed by atoms with Gasteiger partial charge in [0.2, 0.25) is 0 Å². The molecule has 3 heteroatoms. The lowest BCUT2D eigenvalue weighted by Crippen LogP contribution is -2.43. The minimum Gasteiger partial charge on any atom is -0.390 e. The molecule has 2 rings (SSSR count). The van der Waals surface area contributed by atoms with Gasteiger partial charge in [0.1, 0.15) is 0 Å². The van der Waals surface area contributed by atoms with Crippen LogP contribution in [-0.4, -0.2) is 34.4 Å². The van der Waals surface area contributed by atoms with E-state index in [2.05, 4.69) is 11.8 Å². The summed E-state index contributed by atoms with van der Waals surface area (Å²) in [5.41, 5.74) is -0.420. The number of hydrogen-bond donors (Lipinski definition) is 1. The largest absolute Gasteiger partial charge is 0.390 e. The molecule has 2 atom stereocenters. The fourth-order valence-corrected chi connectivity index (χ4v) is 4.79. The zero-order valence-corrected chi connectivity index (χ0v) is 10.4. The SMILES string of the molecule is CCOCCC1(O)CC2CCCC(C1)S2. The highest BCUT2D eigenvalue weighted by Gasteiger charge is 2.40. The summed E-state index contributed by atoms with van der Waals surface area (Å²) in [6, 6.07) is 0. The van der Waals surface area contributed by atoms with Gasteiger partial charge in [-0.15, -0.1) is 0 Å². The normalized spacial score (nSPS) is 40.4. The monoisotopic (exact) mass is 230 g/mol. The van der Waals surface area contributed by atoms with Crippen LogP contribution in [0.15, 0.2) is 0 Å². The predicted octanol–water partition coefficient (Wildman–Crippen LogP) is 2.59. The molecule has 0 spiro atoms. The van der Waals surface area contributed by atoms with Crippen LogP contribution in [0.3, 0.4) is 0 Å². The van der Waals surface area contributed by atoms with Crippen LogP contribution < -0.4 is 0 Å². The van der Waals surface area contributed by atoms with Crippen LogP contribution in [0, 0.1) is 0 Å². The van der Waals surface area contributed by atoms with E-state index in [1.54, 1.807) is 0 Å².